The Bertz CT molecular complexity index is 1480. The Morgan fingerprint density at radius 2 is 1.85 bits per heavy atom. The smallest absolute Gasteiger partial charge is 0.267 e. The number of sulfonamides is 1. The van der Waals surface area contributed by atoms with Crippen molar-refractivity contribution in [1.82, 2.24) is 0 Å². The Morgan fingerprint density at radius 1 is 1.09 bits per heavy atom. The zero-order valence-corrected chi connectivity index (χ0v) is 19.9. The van der Waals surface area contributed by atoms with Crippen molar-refractivity contribution in [3.05, 3.63) is 82.2 Å². The first-order valence-electron chi connectivity index (χ1n) is 10.2. The second kappa shape index (κ2) is 8.37. The average Bonchev–Trinajstić information content (AvgIpc) is 3.41. The van der Waals surface area contributed by atoms with Crippen LogP contribution in [0.2, 0.25) is 5.02 Å². The Hall–Kier alpha value is -3.07. The summed E-state index contributed by atoms with van der Waals surface area (Å²) < 4.78 is 33.8. The van der Waals surface area contributed by atoms with E-state index in [-0.39, 0.29) is 10.8 Å². The molecule has 5 rings (SSSR count). The quantitative estimate of drug-likeness (QED) is 0.390. The lowest BCUT2D eigenvalue weighted by atomic mass is 10.2. The molecule has 1 aliphatic rings. The Labute approximate surface area is 200 Å². The number of nitrogens with one attached hydrogen (secondary N) is 1. The molecule has 0 atom stereocenters. The highest BCUT2D eigenvalue weighted by Gasteiger charge is 2.30. The lowest BCUT2D eigenvalue weighted by Crippen LogP contribution is -2.29. The number of halogens is 1. The van der Waals surface area contributed by atoms with Crippen LogP contribution in [0, 0.1) is 0 Å². The molecule has 0 spiro atoms. The average molecular weight is 499 g/mol. The van der Waals surface area contributed by atoms with Gasteiger partial charge in [0.2, 0.25) is 0 Å². The van der Waals surface area contributed by atoms with Gasteiger partial charge in [0.25, 0.3) is 15.9 Å². The minimum absolute atomic E-state index is 0.171. The van der Waals surface area contributed by atoms with Gasteiger partial charge in [-0.2, -0.15) is 0 Å². The van der Waals surface area contributed by atoms with Gasteiger partial charge in [-0.3, -0.25) is 9.10 Å². The SMILES string of the molecule is COc1ccc2c(Cl)c(C(=O)Nc3ccc(S(=O)(=O)N4CCc5ccccc54)cc3)sc2c1. The van der Waals surface area contributed by atoms with E-state index in [1.165, 1.54) is 27.8 Å². The summed E-state index contributed by atoms with van der Waals surface area (Å²) in [5.74, 6) is 0.328. The molecule has 4 aromatic rings. The van der Waals surface area contributed by atoms with Crippen LogP contribution in [0.1, 0.15) is 15.2 Å². The molecule has 0 bridgehead atoms. The number of benzene rings is 3. The van der Waals surface area contributed by atoms with Crippen molar-refractivity contribution in [2.24, 2.45) is 0 Å². The molecule has 1 amide bonds. The van der Waals surface area contributed by atoms with Crippen molar-refractivity contribution in [1.29, 1.82) is 0 Å². The summed E-state index contributed by atoms with van der Waals surface area (Å²) in [6.07, 6.45) is 0.686. The molecule has 3 aromatic carbocycles. The van der Waals surface area contributed by atoms with E-state index in [4.69, 9.17) is 16.3 Å². The van der Waals surface area contributed by atoms with Crippen molar-refractivity contribution in [2.75, 3.05) is 23.3 Å². The first-order chi connectivity index (χ1) is 15.9. The third-order valence-corrected chi connectivity index (χ3v) is 9.07. The summed E-state index contributed by atoms with van der Waals surface area (Å²) >= 11 is 7.71. The molecule has 0 saturated heterocycles. The number of methoxy groups -OCH3 is 1. The molecule has 0 saturated carbocycles. The predicted molar refractivity (Wildman–Crippen MR) is 132 cm³/mol. The molecule has 168 valence electrons. The molecule has 0 fully saturated rings. The maximum Gasteiger partial charge on any atom is 0.267 e. The van der Waals surface area contributed by atoms with E-state index >= 15 is 0 Å². The van der Waals surface area contributed by atoms with Gasteiger partial charge in [-0.1, -0.05) is 29.8 Å². The van der Waals surface area contributed by atoms with E-state index in [0.29, 0.717) is 40.0 Å². The Kier molecular flexibility index (Phi) is 5.52. The van der Waals surface area contributed by atoms with Gasteiger partial charge in [0.1, 0.15) is 10.6 Å². The van der Waals surface area contributed by atoms with E-state index in [2.05, 4.69) is 5.32 Å². The summed E-state index contributed by atoms with van der Waals surface area (Å²) in [6, 6.07) is 19.1. The van der Waals surface area contributed by atoms with Crippen LogP contribution in [0.4, 0.5) is 11.4 Å². The number of anilines is 2. The number of hydrogen-bond acceptors (Lipinski definition) is 5. The van der Waals surface area contributed by atoms with Crippen LogP contribution in [0.5, 0.6) is 5.75 Å². The first-order valence-corrected chi connectivity index (χ1v) is 12.8. The second-order valence-corrected chi connectivity index (χ2v) is 10.8. The summed E-state index contributed by atoms with van der Waals surface area (Å²) in [5, 5.41) is 3.95. The van der Waals surface area contributed by atoms with Gasteiger partial charge in [0.05, 0.1) is 22.7 Å². The Morgan fingerprint density at radius 3 is 2.61 bits per heavy atom. The summed E-state index contributed by atoms with van der Waals surface area (Å²) in [7, 11) is -2.11. The van der Waals surface area contributed by atoms with Crippen LogP contribution in [0.15, 0.2) is 71.6 Å². The molecule has 0 aliphatic carbocycles. The lowest BCUT2D eigenvalue weighted by molar-refractivity contribution is 0.103. The van der Waals surface area contributed by atoms with Gasteiger partial charge in [0.15, 0.2) is 0 Å². The zero-order valence-electron chi connectivity index (χ0n) is 17.5. The van der Waals surface area contributed by atoms with Crippen LogP contribution in [-0.4, -0.2) is 28.0 Å². The second-order valence-electron chi connectivity index (χ2n) is 7.54. The maximum absolute atomic E-state index is 13.2. The molecule has 6 nitrogen and oxygen atoms in total. The summed E-state index contributed by atoms with van der Waals surface area (Å²) in [5.41, 5.74) is 2.21. The van der Waals surface area contributed by atoms with Crippen LogP contribution < -0.4 is 14.4 Å². The van der Waals surface area contributed by atoms with Crippen LogP contribution in [-0.2, 0) is 16.4 Å². The van der Waals surface area contributed by atoms with Gasteiger partial charge in [-0.05, 0) is 60.5 Å². The first kappa shape index (κ1) is 21.8. The molecule has 2 heterocycles. The van der Waals surface area contributed by atoms with E-state index in [0.717, 1.165) is 15.6 Å². The highest BCUT2D eigenvalue weighted by atomic mass is 35.5. The molecular formula is C24H19ClN2O4S2. The number of amides is 1. The fourth-order valence-corrected chi connectivity index (χ4v) is 6.85. The van der Waals surface area contributed by atoms with Gasteiger partial charge in [0, 0.05) is 22.3 Å². The number of fused-ring (bicyclic) bond motifs is 2. The molecule has 1 aliphatic heterocycles. The van der Waals surface area contributed by atoms with E-state index in [1.54, 1.807) is 25.3 Å². The molecule has 33 heavy (non-hydrogen) atoms. The van der Waals surface area contributed by atoms with Gasteiger partial charge in [-0.25, -0.2) is 8.42 Å². The summed E-state index contributed by atoms with van der Waals surface area (Å²) in [4.78, 5) is 13.4. The van der Waals surface area contributed by atoms with Crippen molar-refractivity contribution in [3.63, 3.8) is 0 Å². The third-order valence-electron chi connectivity index (χ3n) is 5.59. The maximum atomic E-state index is 13.2. The standard InChI is InChI=1S/C24H19ClN2O4S2/c1-31-17-8-11-19-21(14-17)32-23(22(19)25)24(28)26-16-6-9-18(10-7-16)33(29,30)27-13-12-15-4-2-3-5-20(15)27/h2-11,14H,12-13H2,1H3,(H,26,28). The number of nitrogens with zero attached hydrogens (tertiary/aromatic N) is 1. The minimum Gasteiger partial charge on any atom is -0.497 e. The van der Waals surface area contributed by atoms with E-state index in [9.17, 15) is 13.2 Å². The molecular weight excluding hydrogens is 480 g/mol. The number of carbonyl (C=O) groups is 1. The van der Waals surface area contributed by atoms with Crippen molar-refractivity contribution >= 4 is 60.3 Å². The predicted octanol–water partition coefficient (Wildman–Crippen LogP) is 5.57. The Balaban J connectivity index is 1.37. The molecule has 1 N–H and O–H groups in total. The topological polar surface area (TPSA) is 75.7 Å². The molecule has 1 aromatic heterocycles. The molecule has 9 heteroatoms. The summed E-state index contributed by atoms with van der Waals surface area (Å²) in [6.45, 7) is 0.412. The van der Waals surface area contributed by atoms with Crippen LogP contribution in [0.25, 0.3) is 10.1 Å². The largest absolute Gasteiger partial charge is 0.497 e. The highest BCUT2D eigenvalue weighted by Crippen LogP contribution is 2.38. The fraction of sp³-hybridized carbons (Fsp3) is 0.125. The number of thiophene rings is 1. The van der Waals surface area contributed by atoms with E-state index < -0.39 is 10.0 Å². The number of ether oxygens (including phenoxy) is 1. The number of carbonyl (C=O) groups excluding carboxylic acids is 1. The van der Waals surface area contributed by atoms with Crippen LogP contribution in [0.3, 0.4) is 0 Å². The number of hydrogen-bond donors (Lipinski definition) is 1. The highest BCUT2D eigenvalue weighted by molar-refractivity contribution is 7.92. The lowest BCUT2D eigenvalue weighted by Gasteiger charge is -2.19. The third kappa shape index (κ3) is 3.84. The normalized spacial score (nSPS) is 13.2. The van der Waals surface area contributed by atoms with Gasteiger partial charge < -0.3 is 10.1 Å². The molecule has 0 unspecified atom stereocenters. The van der Waals surface area contributed by atoms with Crippen molar-refractivity contribution < 1.29 is 17.9 Å². The number of para-hydroxylation sites is 1. The van der Waals surface area contributed by atoms with Crippen LogP contribution >= 0.6 is 22.9 Å². The fourth-order valence-electron chi connectivity index (χ4n) is 3.90. The van der Waals surface area contributed by atoms with Gasteiger partial charge in [-0.15, -0.1) is 11.3 Å². The number of rotatable bonds is 5. The van der Waals surface area contributed by atoms with Crippen molar-refractivity contribution in [3.8, 4) is 5.75 Å². The monoisotopic (exact) mass is 498 g/mol. The van der Waals surface area contributed by atoms with E-state index in [1.807, 2.05) is 36.4 Å². The zero-order chi connectivity index (χ0) is 23.2. The van der Waals surface area contributed by atoms with Crippen molar-refractivity contribution in [2.45, 2.75) is 11.3 Å². The minimum atomic E-state index is -3.69. The molecule has 0 radical (unpaired) electrons. The van der Waals surface area contributed by atoms with Gasteiger partial charge >= 0.3 is 0 Å².